The van der Waals surface area contributed by atoms with Gasteiger partial charge < -0.3 is 0 Å². The highest BCUT2D eigenvalue weighted by Crippen LogP contribution is 2.32. The maximum atomic E-state index is 13.9. The largest absolute Gasteiger partial charge is 0.274 e. The lowest BCUT2D eigenvalue weighted by molar-refractivity contribution is 0.0812. The van der Waals surface area contributed by atoms with Crippen LogP contribution >= 0.6 is 0 Å². The van der Waals surface area contributed by atoms with E-state index in [9.17, 15) is 9.18 Å². The Bertz CT molecular complexity index is 1160. The van der Waals surface area contributed by atoms with Crippen LogP contribution in [0.1, 0.15) is 36.9 Å². The average molecular weight is 347 g/mol. The highest BCUT2D eigenvalue weighted by Gasteiger charge is 2.27. The fourth-order valence-electron chi connectivity index (χ4n) is 4.09. The summed E-state index contributed by atoms with van der Waals surface area (Å²) in [6.45, 7) is 0. The van der Waals surface area contributed by atoms with Gasteiger partial charge >= 0.3 is 0 Å². The van der Waals surface area contributed by atoms with E-state index in [0.29, 0.717) is 22.1 Å². The predicted molar refractivity (Wildman–Crippen MR) is 99.7 cm³/mol. The van der Waals surface area contributed by atoms with E-state index >= 15 is 0 Å². The minimum atomic E-state index is -0.336. The van der Waals surface area contributed by atoms with Gasteiger partial charge in [-0.1, -0.05) is 31.4 Å². The summed E-state index contributed by atoms with van der Waals surface area (Å²) in [6, 6.07) is 12.1. The number of benzene rings is 2. The Kier molecular flexibility index (Phi) is 3.48. The molecule has 130 valence electrons. The first kappa shape index (κ1) is 15.4. The normalized spacial score (nSPS) is 15.9. The lowest BCUT2D eigenvalue weighted by Gasteiger charge is -2.21. The van der Waals surface area contributed by atoms with E-state index in [2.05, 4.69) is 0 Å². The second kappa shape index (κ2) is 5.87. The van der Waals surface area contributed by atoms with Crippen LogP contribution in [0.5, 0.6) is 0 Å². The van der Waals surface area contributed by atoms with Crippen LogP contribution < -0.4 is 0 Å². The van der Waals surface area contributed by atoms with Gasteiger partial charge in [0.05, 0.1) is 16.6 Å². The topological polar surface area (TPSA) is 47.8 Å². The van der Waals surface area contributed by atoms with Crippen molar-refractivity contribution in [2.45, 2.75) is 32.1 Å². The van der Waals surface area contributed by atoms with Crippen molar-refractivity contribution >= 4 is 39.0 Å². The molecule has 5 rings (SSSR count). The number of carbonyl (C=O) groups excluding carboxylic acids is 1. The van der Waals surface area contributed by atoms with Crippen LogP contribution in [-0.2, 0) is 0 Å². The van der Waals surface area contributed by atoms with Gasteiger partial charge in [0.1, 0.15) is 11.3 Å². The van der Waals surface area contributed by atoms with Gasteiger partial charge in [0.25, 0.3) is 0 Å². The third kappa shape index (κ3) is 2.30. The predicted octanol–water partition coefficient (Wildman–Crippen LogP) is 5.10. The minimum absolute atomic E-state index is 0.000809. The summed E-state index contributed by atoms with van der Waals surface area (Å²) in [6.07, 6.45) is 5.16. The zero-order valence-electron chi connectivity index (χ0n) is 14.3. The van der Waals surface area contributed by atoms with E-state index in [-0.39, 0.29) is 17.6 Å². The molecule has 0 unspecified atom stereocenters. The molecular weight excluding hydrogens is 329 g/mol. The number of carbonyl (C=O) groups is 1. The summed E-state index contributed by atoms with van der Waals surface area (Å²) in [5.74, 6) is -0.279. The summed E-state index contributed by atoms with van der Waals surface area (Å²) >= 11 is 0. The number of rotatable bonds is 1. The monoisotopic (exact) mass is 347 g/mol. The Balaban J connectivity index is 1.84. The molecule has 1 saturated carbocycles. The molecule has 4 aromatic rings. The third-order valence-electron chi connectivity index (χ3n) is 5.39. The number of hydrogen-bond donors (Lipinski definition) is 0. The molecular formula is C21H18FN3O. The summed E-state index contributed by atoms with van der Waals surface area (Å²) < 4.78 is 15.6. The van der Waals surface area contributed by atoms with Crippen molar-refractivity contribution in [2.75, 3.05) is 0 Å². The molecule has 2 heterocycles. The van der Waals surface area contributed by atoms with Crippen molar-refractivity contribution in [2.24, 2.45) is 5.92 Å². The lowest BCUT2D eigenvalue weighted by atomic mass is 9.88. The van der Waals surface area contributed by atoms with Crippen LogP contribution in [0.15, 0.2) is 42.5 Å². The van der Waals surface area contributed by atoms with Gasteiger partial charge in [0, 0.05) is 11.3 Å². The fraction of sp³-hybridized carbons (Fsp3) is 0.286. The SMILES string of the molecule is O=C(C1CCCCC1)n1c2ccc(F)cc2c2nc3ccccc3nc21. The van der Waals surface area contributed by atoms with Crippen molar-refractivity contribution in [1.82, 2.24) is 14.5 Å². The first-order valence-corrected chi connectivity index (χ1v) is 9.13. The van der Waals surface area contributed by atoms with E-state index in [0.717, 1.165) is 36.7 Å². The van der Waals surface area contributed by atoms with Crippen LogP contribution in [0.25, 0.3) is 33.1 Å². The molecule has 1 aliphatic rings. The summed E-state index contributed by atoms with van der Waals surface area (Å²) in [7, 11) is 0. The molecule has 2 aromatic carbocycles. The zero-order chi connectivity index (χ0) is 17.7. The van der Waals surface area contributed by atoms with Crippen LogP contribution in [0.3, 0.4) is 0 Å². The van der Waals surface area contributed by atoms with E-state index < -0.39 is 0 Å². The van der Waals surface area contributed by atoms with Gasteiger partial charge in [-0.05, 0) is 43.2 Å². The Morgan fingerprint density at radius 2 is 1.73 bits per heavy atom. The Hall–Kier alpha value is -2.82. The van der Waals surface area contributed by atoms with Crippen LogP contribution in [0.4, 0.5) is 4.39 Å². The van der Waals surface area contributed by atoms with Crippen molar-refractivity contribution in [3.05, 3.63) is 48.3 Å². The van der Waals surface area contributed by atoms with Crippen molar-refractivity contribution in [3.63, 3.8) is 0 Å². The van der Waals surface area contributed by atoms with Gasteiger partial charge in [-0.25, -0.2) is 14.4 Å². The number of aromatic nitrogens is 3. The molecule has 1 fully saturated rings. The molecule has 5 heteroatoms. The van der Waals surface area contributed by atoms with Crippen LogP contribution in [-0.4, -0.2) is 20.4 Å². The average Bonchev–Trinajstić information content (AvgIpc) is 2.99. The molecule has 1 aliphatic carbocycles. The number of hydrogen-bond acceptors (Lipinski definition) is 3. The van der Waals surface area contributed by atoms with Crippen molar-refractivity contribution in [1.29, 1.82) is 0 Å². The van der Waals surface area contributed by atoms with Gasteiger partial charge in [-0.15, -0.1) is 0 Å². The van der Waals surface area contributed by atoms with E-state index in [1.165, 1.54) is 18.6 Å². The molecule has 0 saturated heterocycles. The van der Waals surface area contributed by atoms with Gasteiger partial charge in [-0.3, -0.25) is 9.36 Å². The molecule has 0 bridgehead atoms. The molecule has 4 nitrogen and oxygen atoms in total. The van der Waals surface area contributed by atoms with Crippen molar-refractivity contribution < 1.29 is 9.18 Å². The highest BCUT2D eigenvalue weighted by atomic mass is 19.1. The van der Waals surface area contributed by atoms with Gasteiger partial charge in [0.15, 0.2) is 5.65 Å². The van der Waals surface area contributed by atoms with E-state index in [1.807, 2.05) is 24.3 Å². The molecule has 0 spiro atoms. The maximum absolute atomic E-state index is 13.9. The Morgan fingerprint density at radius 1 is 1.00 bits per heavy atom. The van der Waals surface area contributed by atoms with Crippen LogP contribution in [0, 0.1) is 11.7 Å². The smallest absolute Gasteiger partial charge is 0.235 e. The number of nitrogens with zero attached hydrogens (tertiary/aromatic N) is 3. The first-order chi connectivity index (χ1) is 12.7. The molecule has 0 N–H and O–H groups in total. The third-order valence-corrected chi connectivity index (χ3v) is 5.39. The zero-order valence-corrected chi connectivity index (χ0v) is 14.3. The maximum Gasteiger partial charge on any atom is 0.235 e. The standard InChI is InChI=1S/C21H18FN3O/c22-14-10-11-18-15(12-14)19-20(24-17-9-5-4-8-16(17)23-19)25(18)21(26)13-6-2-1-3-7-13/h4-5,8-13H,1-3,6-7H2. The number of halogens is 1. The molecule has 26 heavy (non-hydrogen) atoms. The first-order valence-electron chi connectivity index (χ1n) is 9.13. The fourth-order valence-corrected chi connectivity index (χ4v) is 4.09. The molecule has 0 amide bonds. The van der Waals surface area contributed by atoms with Gasteiger partial charge in [-0.2, -0.15) is 0 Å². The summed E-state index contributed by atoms with van der Waals surface area (Å²) in [5.41, 5.74) is 3.28. The lowest BCUT2D eigenvalue weighted by Crippen LogP contribution is -2.24. The second-order valence-electron chi connectivity index (χ2n) is 7.05. The summed E-state index contributed by atoms with van der Waals surface area (Å²) in [5, 5.41) is 0.641. The molecule has 0 aliphatic heterocycles. The quantitative estimate of drug-likeness (QED) is 0.481. The molecule has 0 radical (unpaired) electrons. The van der Waals surface area contributed by atoms with Crippen LogP contribution in [0.2, 0.25) is 0 Å². The Morgan fingerprint density at radius 3 is 2.50 bits per heavy atom. The molecule has 0 atom stereocenters. The summed E-state index contributed by atoms with van der Waals surface area (Å²) in [4.78, 5) is 22.7. The van der Waals surface area contributed by atoms with E-state index in [1.54, 1.807) is 10.6 Å². The minimum Gasteiger partial charge on any atom is -0.274 e. The number of fused-ring (bicyclic) bond motifs is 4. The molecule has 2 aromatic heterocycles. The van der Waals surface area contributed by atoms with Gasteiger partial charge in [0.2, 0.25) is 5.91 Å². The highest BCUT2D eigenvalue weighted by molar-refractivity contribution is 6.12. The number of para-hydroxylation sites is 2. The Labute approximate surface area is 149 Å². The second-order valence-corrected chi connectivity index (χ2v) is 7.05. The van der Waals surface area contributed by atoms with E-state index in [4.69, 9.17) is 9.97 Å². The van der Waals surface area contributed by atoms with Crippen molar-refractivity contribution in [3.8, 4) is 0 Å².